The molecule has 1 N–H and O–H groups in total. The summed E-state index contributed by atoms with van der Waals surface area (Å²) in [6.07, 6.45) is 1.27. The van der Waals surface area contributed by atoms with Crippen LogP contribution in [-0.4, -0.2) is 17.1 Å². The quantitative estimate of drug-likeness (QED) is 0.936. The van der Waals surface area contributed by atoms with Gasteiger partial charge in [0.05, 0.1) is 23.7 Å². The summed E-state index contributed by atoms with van der Waals surface area (Å²) >= 11 is 3.43. The average Bonchev–Trinajstić information content (AvgIpc) is 2.41. The molecule has 1 atom stereocenters. The molecule has 0 radical (unpaired) electrons. The predicted molar refractivity (Wildman–Crippen MR) is 81.1 cm³/mol. The minimum absolute atomic E-state index is 0.522. The molecule has 4 heteroatoms. The van der Waals surface area contributed by atoms with Crippen molar-refractivity contribution in [2.45, 2.75) is 19.6 Å². The highest BCUT2D eigenvalue weighted by atomic mass is 79.9. The van der Waals surface area contributed by atoms with E-state index in [1.165, 1.54) is 5.56 Å². The normalized spacial score (nSPS) is 12.2. The van der Waals surface area contributed by atoms with Crippen LogP contribution in [0.5, 0.6) is 0 Å². The van der Waals surface area contributed by atoms with Gasteiger partial charge in [0.2, 0.25) is 0 Å². The fourth-order valence-corrected chi connectivity index (χ4v) is 2.09. The zero-order chi connectivity index (χ0) is 13.8. The molecule has 1 heterocycles. The number of hydrogen-bond donors (Lipinski definition) is 1. The fraction of sp³-hybridized carbons (Fsp3) is 0.267. The van der Waals surface area contributed by atoms with Crippen LogP contribution in [0.25, 0.3) is 0 Å². The first kappa shape index (κ1) is 14.0. The summed E-state index contributed by atoms with van der Waals surface area (Å²) in [5.41, 5.74) is 2.97. The number of benzene rings is 1. The minimum Gasteiger partial charge on any atom is -0.387 e. The lowest BCUT2D eigenvalue weighted by Gasteiger charge is -2.19. The maximum absolute atomic E-state index is 9.43. The van der Waals surface area contributed by atoms with Gasteiger partial charge in [0.15, 0.2) is 0 Å². The molecular formula is C15H17BrN2O. The molecular weight excluding hydrogens is 304 g/mol. The molecule has 2 aromatic rings. The smallest absolute Gasteiger partial charge is 0.0931 e. The van der Waals surface area contributed by atoms with E-state index in [0.717, 1.165) is 16.7 Å². The maximum atomic E-state index is 9.43. The Morgan fingerprint density at radius 1 is 1.21 bits per heavy atom. The van der Waals surface area contributed by atoms with E-state index in [4.69, 9.17) is 0 Å². The van der Waals surface area contributed by atoms with Crippen LogP contribution in [0, 0.1) is 0 Å². The van der Waals surface area contributed by atoms with Crippen molar-refractivity contribution in [1.82, 2.24) is 4.98 Å². The second-order valence-corrected chi connectivity index (χ2v) is 5.52. The van der Waals surface area contributed by atoms with Crippen LogP contribution < -0.4 is 4.90 Å². The highest BCUT2D eigenvalue weighted by Crippen LogP contribution is 2.18. The molecule has 3 nitrogen and oxygen atoms in total. The lowest BCUT2D eigenvalue weighted by atomic mass is 10.2. The molecule has 1 aromatic heterocycles. The molecule has 0 amide bonds. The van der Waals surface area contributed by atoms with Crippen LogP contribution >= 0.6 is 15.9 Å². The average molecular weight is 321 g/mol. The second kappa shape index (κ2) is 6.17. The lowest BCUT2D eigenvalue weighted by Crippen LogP contribution is -2.16. The molecule has 0 saturated carbocycles. The van der Waals surface area contributed by atoms with Gasteiger partial charge >= 0.3 is 0 Å². The number of hydrogen-bond acceptors (Lipinski definition) is 3. The summed E-state index contributed by atoms with van der Waals surface area (Å²) < 4.78 is 1.09. The fourth-order valence-electron chi connectivity index (χ4n) is 1.83. The summed E-state index contributed by atoms with van der Waals surface area (Å²) in [6, 6.07) is 12.1. The first-order chi connectivity index (χ1) is 9.06. The summed E-state index contributed by atoms with van der Waals surface area (Å²) in [4.78, 5) is 6.38. The number of nitrogens with zero attached hydrogens (tertiary/aromatic N) is 2. The molecule has 0 aliphatic carbocycles. The largest absolute Gasteiger partial charge is 0.387 e. The highest BCUT2D eigenvalue weighted by Gasteiger charge is 2.05. The Balaban J connectivity index is 2.07. The minimum atomic E-state index is -0.522. The topological polar surface area (TPSA) is 36.4 Å². The van der Waals surface area contributed by atoms with Crippen LogP contribution in [-0.2, 0) is 6.54 Å². The Morgan fingerprint density at radius 3 is 2.42 bits per heavy atom. The molecule has 0 aliphatic heterocycles. The van der Waals surface area contributed by atoms with E-state index < -0.39 is 6.10 Å². The van der Waals surface area contributed by atoms with Gasteiger partial charge in [-0.2, -0.15) is 0 Å². The van der Waals surface area contributed by atoms with Gasteiger partial charge in [0.1, 0.15) is 0 Å². The molecule has 0 spiro atoms. The Morgan fingerprint density at radius 2 is 1.89 bits per heavy atom. The van der Waals surface area contributed by atoms with Crippen molar-refractivity contribution in [3.05, 3.63) is 58.3 Å². The first-order valence-corrected chi connectivity index (χ1v) is 6.95. The van der Waals surface area contributed by atoms with E-state index in [0.29, 0.717) is 5.69 Å². The number of aliphatic hydroxyl groups is 1. The van der Waals surface area contributed by atoms with Gasteiger partial charge in [0.25, 0.3) is 0 Å². The zero-order valence-electron chi connectivity index (χ0n) is 11.0. The summed E-state index contributed by atoms with van der Waals surface area (Å²) in [5, 5.41) is 9.43. The standard InChI is InChI=1S/C15H17BrN2O/c1-11(19)15-8-7-14(9-17-15)18(2)10-12-3-5-13(16)6-4-12/h3-9,11,19H,10H2,1-2H3. The van der Waals surface area contributed by atoms with Crippen LogP contribution in [0.2, 0.25) is 0 Å². The molecule has 100 valence electrons. The van der Waals surface area contributed by atoms with Crippen molar-refractivity contribution >= 4 is 21.6 Å². The Bertz CT molecular complexity index is 523. The number of aliphatic hydroxyl groups excluding tert-OH is 1. The molecule has 1 unspecified atom stereocenters. The number of rotatable bonds is 4. The van der Waals surface area contributed by atoms with Gasteiger partial charge in [-0.15, -0.1) is 0 Å². The summed E-state index contributed by atoms with van der Waals surface area (Å²) in [5.74, 6) is 0. The number of aromatic nitrogens is 1. The first-order valence-electron chi connectivity index (χ1n) is 6.16. The van der Waals surface area contributed by atoms with Crippen molar-refractivity contribution in [2.75, 3.05) is 11.9 Å². The van der Waals surface area contributed by atoms with Gasteiger partial charge in [-0.05, 0) is 36.8 Å². The summed E-state index contributed by atoms with van der Waals surface area (Å²) in [6.45, 7) is 2.54. The van der Waals surface area contributed by atoms with Crippen molar-refractivity contribution in [1.29, 1.82) is 0 Å². The van der Waals surface area contributed by atoms with Crippen LogP contribution in [0.1, 0.15) is 24.3 Å². The molecule has 0 aliphatic rings. The van der Waals surface area contributed by atoms with Gasteiger partial charge in [-0.25, -0.2) is 0 Å². The van der Waals surface area contributed by atoms with E-state index in [2.05, 4.69) is 37.9 Å². The summed E-state index contributed by atoms with van der Waals surface area (Å²) in [7, 11) is 2.03. The number of halogens is 1. The van der Waals surface area contributed by atoms with Gasteiger partial charge in [-0.3, -0.25) is 4.98 Å². The van der Waals surface area contributed by atoms with E-state index in [1.807, 2.05) is 31.3 Å². The van der Waals surface area contributed by atoms with Crippen LogP contribution in [0.15, 0.2) is 47.1 Å². The molecule has 1 aromatic carbocycles. The van der Waals surface area contributed by atoms with E-state index in [1.54, 1.807) is 13.1 Å². The van der Waals surface area contributed by atoms with Gasteiger partial charge in [-0.1, -0.05) is 28.1 Å². The van der Waals surface area contributed by atoms with Gasteiger partial charge in [0, 0.05) is 18.1 Å². The SMILES string of the molecule is CC(O)c1ccc(N(C)Cc2ccc(Br)cc2)cn1. The molecule has 0 saturated heterocycles. The van der Waals surface area contributed by atoms with Crippen molar-refractivity contribution < 1.29 is 5.11 Å². The Labute approximate surface area is 122 Å². The van der Waals surface area contributed by atoms with E-state index in [9.17, 15) is 5.11 Å². The monoisotopic (exact) mass is 320 g/mol. The van der Waals surface area contributed by atoms with Crippen LogP contribution in [0.3, 0.4) is 0 Å². The lowest BCUT2D eigenvalue weighted by molar-refractivity contribution is 0.194. The molecule has 2 rings (SSSR count). The maximum Gasteiger partial charge on any atom is 0.0931 e. The molecule has 0 bridgehead atoms. The molecule has 0 fully saturated rings. The Hall–Kier alpha value is -1.39. The van der Waals surface area contributed by atoms with Crippen molar-refractivity contribution in [3.8, 4) is 0 Å². The number of pyridine rings is 1. The van der Waals surface area contributed by atoms with Crippen molar-refractivity contribution in [2.24, 2.45) is 0 Å². The Kier molecular flexibility index (Phi) is 4.56. The number of anilines is 1. The highest BCUT2D eigenvalue weighted by molar-refractivity contribution is 9.10. The third-order valence-electron chi connectivity index (χ3n) is 2.97. The van der Waals surface area contributed by atoms with Crippen molar-refractivity contribution in [3.63, 3.8) is 0 Å². The van der Waals surface area contributed by atoms with Crippen LogP contribution in [0.4, 0.5) is 5.69 Å². The zero-order valence-corrected chi connectivity index (χ0v) is 12.6. The van der Waals surface area contributed by atoms with E-state index in [-0.39, 0.29) is 0 Å². The third-order valence-corrected chi connectivity index (χ3v) is 3.50. The van der Waals surface area contributed by atoms with E-state index >= 15 is 0 Å². The molecule has 19 heavy (non-hydrogen) atoms. The van der Waals surface area contributed by atoms with Gasteiger partial charge < -0.3 is 10.0 Å². The predicted octanol–water partition coefficient (Wildman–Crippen LogP) is 3.53. The second-order valence-electron chi connectivity index (χ2n) is 4.60. The third kappa shape index (κ3) is 3.78.